The summed E-state index contributed by atoms with van der Waals surface area (Å²) in [5.74, 6) is 2.31. The Bertz CT molecular complexity index is 958. The number of aliphatic imine (C=N–C) groups is 1. The molecule has 1 amide bonds. The van der Waals surface area contributed by atoms with Gasteiger partial charge in [-0.25, -0.2) is 0 Å². The molecule has 8 heteroatoms. The maximum atomic E-state index is 12.3. The van der Waals surface area contributed by atoms with Crippen molar-refractivity contribution in [3.63, 3.8) is 0 Å². The molecule has 1 saturated carbocycles. The molecule has 4 rings (SSSR count). The number of nitrogens with zero attached hydrogens (tertiary/aromatic N) is 1. The van der Waals surface area contributed by atoms with E-state index >= 15 is 0 Å². The SMILES string of the molecule is CN=C(NCCNC(=O)c1ccc(OC)cc1)NC1CC2(CCCC2)Oc2ccccc21.I. The molecule has 1 aliphatic carbocycles. The molecular formula is C25H33IN4O3. The minimum absolute atomic E-state index is 0. The van der Waals surface area contributed by atoms with E-state index in [1.54, 1.807) is 38.4 Å². The number of methoxy groups -OCH3 is 1. The van der Waals surface area contributed by atoms with Gasteiger partial charge in [-0.15, -0.1) is 24.0 Å². The van der Waals surface area contributed by atoms with Gasteiger partial charge >= 0.3 is 0 Å². The van der Waals surface area contributed by atoms with Crippen molar-refractivity contribution < 1.29 is 14.3 Å². The van der Waals surface area contributed by atoms with E-state index in [9.17, 15) is 4.79 Å². The predicted octanol–water partition coefficient (Wildman–Crippen LogP) is 4.04. The predicted molar refractivity (Wildman–Crippen MR) is 141 cm³/mol. The Kier molecular flexibility index (Phi) is 8.82. The number of hydrogen-bond donors (Lipinski definition) is 3. The molecule has 1 fully saturated rings. The molecule has 0 bridgehead atoms. The summed E-state index contributed by atoms with van der Waals surface area (Å²) >= 11 is 0. The Hall–Kier alpha value is -2.49. The lowest BCUT2D eigenvalue weighted by atomic mass is 9.86. The molecule has 1 unspecified atom stereocenters. The molecule has 33 heavy (non-hydrogen) atoms. The number of nitrogens with one attached hydrogen (secondary N) is 3. The van der Waals surface area contributed by atoms with Crippen LogP contribution in [0.1, 0.15) is 54.1 Å². The van der Waals surface area contributed by atoms with Crippen molar-refractivity contribution in [1.29, 1.82) is 0 Å². The minimum Gasteiger partial charge on any atom is -0.497 e. The largest absolute Gasteiger partial charge is 0.497 e. The fourth-order valence-corrected chi connectivity index (χ4v) is 4.63. The highest BCUT2D eigenvalue weighted by Crippen LogP contribution is 2.46. The van der Waals surface area contributed by atoms with E-state index in [2.05, 4.69) is 39.1 Å². The van der Waals surface area contributed by atoms with Crippen molar-refractivity contribution in [3.8, 4) is 11.5 Å². The summed E-state index contributed by atoms with van der Waals surface area (Å²) < 4.78 is 11.6. The van der Waals surface area contributed by atoms with Crippen LogP contribution in [0.5, 0.6) is 11.5 Å². The lowest BCUT2D eigenvalue weighted by Crippen LogP contribution is -2.47. The lowest BCUT2D eigenvalue weighted by Gasteiger charge is -2.40. The van der Waals surface area contributed by atoms with Crippen molar-refractivity contribution in [2.24, 2.45) is 4.99 Å². The van der Waals surface area contributed by atoms with Gasteiger partial charge in [-0.05, 0) is 56.0 Å². The van der Waals surface area contributed by atoms with E-state index in [-0.39, 0.29) is 41.5 Å². The van der Waals surface area contributed by atoms with Gasteiger partial charge in [-0.3, -0.25) is 9.79 Å². The van der Waals surface area contributed by atoms with Crippen molar-refractivity contribution in [2.75, 3.05) is 27.2 Å². The third kappa shape index (κ3) is 6.10. The third-order valence-corrected chi connectivity index (χ3v) is 6.30. The fourth-order valence-electron chi connectivity index (χ4n) is 4.63. The first-order valence-electron chi connectivity index (χ1n) is 11.3. The quantitative estimate of drug-likeness (QED) is 0.214. The van der Waals surface area contributed by atoms with Crippen LogP contribution in [0, 0.1) is 0 Å². The van der Waals surface area contributed by atoms with Gasteiger partial charge in [0.05, 0.1) is 13.2 Å². The van der Waals surface area contributed by atoms with Crippen molar-refractivity contribution >= 4 is 35.8 Å². The van der Waals surface area contributed by atoms with Gasteiger partial charge in [0.25, 0.3) is 5.91 Å². The van der Waals surface area contributed by atoms with Crippen LogP contribution in [0.3, 0.4) is 0 Å². The highest BCUT2D eigenvalue weighted by Gasteiger charge is 2.43. The standard InChI is InChI=1S/C25H32N4O3.HI/c1-26-24(28-16-15-27-23(30)18-9-11-19(31-2)12-10-18)29-21-17-25(13-5-6-14-25)32-22-8-4-3-7-20(21)22;/h3-4,7-12,21H,5-6,13-17H2,1-2H3,(H,27,30)(H2,26,28,29);1H. The summed E-state index contributed by atoms with van der Waals surface area (Å²) in [7, 11) is 3.37. The molecule has 0 radical (unpaired) electrons. The summed E-state index contributed by atoms with van der Waals surface area (Å²) in [6.07, 6.45) is 5.57. The van der Waals surface area contributed by atoms with Gasteiger partial charge in [-0.2, -0.15) is 0 Å². The second kappa shape index (κ2) is 11.6. The molecule has 0 aromatic heterocycles. The van der Waals surface area contributed by atoms with Crippen LogP contribution in [0.25, 0.3) is 0 Å². The molecule has 7 nitrogen and oxygen atoms in total. The number of fused-ring (bicyclic) bond motifs is 1. The average Bonchev–Trinajstić information content (AvgIpc) is 3.27. The maximum absolute atomic E-state index is 12.3. The third-order valence-electron chi connectivity index (χ3n) is 6.30. The molecular weight excluding hydrogens is 531 g/mol. The molecule has 1 aliphatic heterocycles. The van der Waals surface area contributed by atoms with Gasteiger partial charge in [0.1, 0.15) is 17.1 Å². The number of amides is 1. The van der Waals surface area contributed by atoms with Crippen LogP contribution in [-0.4, -0.2) is 44.7 Å². The van der Waals surface area contributed by atoms with E-state index in [0.29, 0.717) is 18.7 Å². The first kappa shape index (κ1) is 25.1. The van der Waals surface area contributed by atoms with Crippen LogP contribution < -0.4 is 25.4 Å². The fraction of sp³-hybridized carbons (Fsp3) is 0.440. The molecule has 2 aromatic rings. The van der Waals surface area contributed by atoms with Gasteiger partial charge < -0.3 is 25.4 Å². The minimum atomic E-state index is -0.112. The molecule has 1 spiro atoms. The Morgan fingerprint density at radius 3 is 2.48 bits per heavy atom. The number of para-hydroxylation sites is 1. The summed E-state index contributed by atoms with van der Waals surface area (Å²) in [6, 6.07) is 15.5. The van der Waals surface area contributed by atoms with E-state index < -0.39 is 0 Å². The smallest absolute Gasteiger partial charge is 0.251 e. The van der Waals surface area contributed by atoms with Crippen molar-refractivity contribution in [1.82, 2.24) is 16.0 Å². The van der Waals surface area contributed by atoms with Gasteiger partial charge in [0.15, 0.2) is 5.96 Å². The molecule has 3 N–H and O–H groups in total. The molecule has 2 aromatic carbocycles. The molecule has 1 heterocycles. The second-order valence-corrected chi connectivity index (χ2v) is 8.41. The number of guanidine groups is 1. The Labute approximate surface area is 212 Å². The topological polar surface area (TPSA) is 84.0 Å². The zero-order chi connectivity index (χ0) is 22.4. The van der Waals surface area contributed by atoms with Crippen molar-refractivity contribution in [3.05, 3.63) is 59.7 Å². The number of benzene rings is 2. The molecule has 0 saturated heterocycles. The van der Waals surface area contributed by atoms with Crippen LogP contribution >= 0.6 is 24.0 Å². The summed E-state index contributed by atoms with van der Waals surface area (Å²) in [6.45, 7) is 1.05. The number of hydrogen-bond acceptors (Lipinski definition) is 4. The van der Waals surface area contributed by atoms with Crippen LogP contribution in [-0.2, 0) is 0 Å². The van der Waals surface area contributed by atoms with Crippen LogP contribution in [0.2, 0.25) is 0 Å². The normalized spacial score (nSPS) is 18.5. The summed E-state index contributed by atoms with van der Waals surface area (Å²) in [4.78, 5) is 16.7. The average molecular weight is 564 g/mol. The second-order valence-electron chi connectivity index (χ2n) is 8.41. The van der Waals surface area contributed by atoms with E-state index in [1.165, 1.54) is 18.4 Å². The Morgan fingerprint density at radius 2 is 1.79 bits per heavy atom. The number of halogens is 1. The van der Waals surface area contributed by atoms with E-state index in [1.807, 2.05) is 6.07 Å². The zero-order valence-electron chi connectivity index (χ0n) is 19.2. The highest BCUT2D eigenvalue weighted by atomic mass is 127. The van der Waals surface area contributed by atoms with Crippen LogP contribution in [0.15, 0.2) is 53.5 Å². The Morgan fingerprint density at radius 1 is 1.09 bits per heavy atom. The van der Waals surface area contributed by atoms with Gasteiger partial charge in [0.2, 0.25) is 0 Å². The Balaban J connectivity index is 0.00000306. The van der Waals surface area contributed by atoms with Gasteiger partial charge in [-0.1, -0.05) is 18.2 Å². The first-order valence-corrected chi connectivity index (χ1v) is 11.3. The number of rotatable bonds is 6. The number of carbonyl (C=O) groups excluding carboxylic acids is 1. The number of ether oxygens (including phenoxy) is 2. The van der Waals surface area contributed by atoms with E-state index in [0.717, 1.165) is 36.7 Å². The maximum Gasteiger partial charge on any atom is 0.251 e. The summed E-state index contributed by atoms with van der Waals surface area (Å²) in [5, 5.41) is 9.82. The van der Waals surface area contributed by atoms with E-state index in [4.69, 9.17) is 9.47 Å². The van der Waals surface area contributed by atoms with Crippen LogP contribution in [0.4, 0.5) is 0 Å². The summed E-state index contributed by atoms with van der Waals surface area (Å²) in [5.41, 5.74) is 1.70. The molecule has 2 aliphatic rings. The lowest BCUT2D eigenvalue weighted by molar-refractivity contribution is 0.0396. The highest BCUT2D eigenvalue weighted by molar-refractivity contribution is 14.0. The molecule has 178 valence electrons. The monoisotopic (exact) mass is 564 g/mol. The zero-order valence-corrected chi connectivity index (χ0v) is 21.6. The number of carbonyl (C=O) groups is 1. The first-order chi connectivity index (χ1) is 15.6. The molecule has 1 atom stereocenters. The van der Waals surface area contributed by atoms with Crippen molar-refractivity contribution in [2.45, 2.75) is 43.7 Å². The van der Waals surface area contributed by atoms with Gasteiger partial charge in [0, 0.05) is 37.7 Å².